The molecule has 3 rings (SSSR count). The number of pyridine rings is 1. The Labute approximate surface area is 137 Å². The molecule has 1 atom stereocenters. The number of hydrogen-bond acceptors (Lipinski definition) is 3. The molecular weight excluding hydrogens is 286 g/mol. The highest BCUT2D eigenvalue weighted by Gasteiger charge is 2.22. The zero-order chi connectivity index (χ0) is 16.2. The van der Waals surface area contributed by atoms with E-state index in [1.54, 1.807) is 25.1 Å². The molecule has 1 aromatic heterocycles. The number of benzene rings is 1. The van der Waals surface area contributed by atoms with Gasteiger partial charge in [-0.3, -0.25) is 4.79 Å². The number of piperidine rings is 1. The molecule has 2 aromatic rings. The second-order valence-corrected chi connectivity index (χ2v) is 6.28. The molecule has 1 aliphatic heterocycles. The highest BCUT2D eigenvalue weighted by molar-refractivity contribution is 5.92. The second kappa shape index (κ2) is 6.82. The lowest BCUT2D eigenvalue weighted by atomic mass is 9.91. The Morgan fingerprint density at radius 1 is 1.13 bits per heavy atom. The molecule has 1 amide bonds. The number of carbonyl (C=O) groups excluding carboxylic acids is 1. The van der Waals surface area contributed by atoms with E-state index >= 15 is 0 Å². The summed E-state index contributed by atoms with van der Waals surface area (Å²) in [6.45, 7) is 1.95. The van der Waals surface area contributed by atoms with Crippen LogP contribution in [0.5, 0.6) is 0 Å². The SMILES string of the molecule is CN(C)C(=O)c1cccc(N2CCCC(c3ccccc3)C2)n1. The Balaban J connectivity index is 1.79. The molecule has 4 nitrogen and oxygen atoms in total. The van der Waals surface area contributed by atoms with Crippen molar-refractivity contribution in [3.05, 3.63) is 59.8 Å². The molecule has 1 fully saturated rings. The fourth-order valence-electron chi connectivity index (χ4n) is 3.13. The average Bonchev–Trinajstić information content (AvgIpc) is 2.62. The van der Waals surface area contributed by atoms with Crippen LogP contribution in [0.2, 0.25) is 0 Å². The number of nitrogens with zero attached hydrogens (tertiary/aromatic N) is 3. The number of hydrogen-bond donors (Lipinski definition) is 0. The highest BCUT2D eigenvalue weighted by atomic mass is 16.2. The van der Waals surface area contributed by atoms with E-state index in [-0.39, 0.29) is 5.91 Å². The van der Waals surface area contributed by atoms with Crippen LogP contribution in [0.25, 0.3) is 0 Å². The van der Waals surface area contributed by atoms with Crippen molar-refractivity contribution in [1.29, 1.82) is 0 Å². The maximum Gasteiger partial charge on any atom is 0.272 e. The van der Waals surface area contributed by atoms with Crippen LogP contribution in [0.3, 0.4) is 0 Å². The van der Waals surface area contributed by atoms with Crippen molar-refractivity contribution in [2.75, 3.05) is 32.1 Å². The predicted molar refractivity (Wildman–Crippen MR) is 92.9 cm³/mol. The molecule has 120 valence electrons. The van der Waals surface area contributed by atoms with Crippen LogP contribution in [-0.4, -0.2) is 43.0 Å². The van der Waals surface area contributed by atoms with E-state index in [4.69, 9.17) is 0 Å². The van der Waals surface area contributed by atoms with Crippen LogP contribution in [0.1, 0.15) is 34.8 Å². The molecule has 0 bridgehead atoms. The normalized spacial score (nSPS) is 17.8. The highest BCUT2D eigenvalue weighted by Crippen LogP contribution is 2.29. The van der Waals surface area contributed by atoms with Crippen molar-refractivity contribution in [3.8, 4) is 0 Å². The summed E-state index contributed by atoms with van der Waals surface area (Å²) in [6, 6.07) is 16.4. The summed E-state index contributed by atoms with van der Waals surface area (Å²) < 4.78 is 0. The van der Waals surface area contributed by atoms with E-state index in [2.05, 4.69) is 40.2 Å². The first-order valence-corrected chi connectivity index (χ1v) is 8.14. The molecule has 0 radical (unpaired) electrons. The molecular formula is C19H23N3O. The van der Waals surface area contributed by atoms with E-state index in [9.17, 15) is 4.79 Å². The molecule has 2 heterocycles. The minimum absolute atomic E-state index is 0.0523. The van der Waals surface area contributed by atoms with Gasteiger partial charge < -0.3 is 9.80 Å². The molecule has 1 aliphatic rings. The lowest BCUT2D eigenvalue weighted by molar-refractivity contribution is 0.0822. The van der Waals surface area contributed by atoms with Crippen LogP contribution >= 0.6 is 0 Å². The van der Waals surface area contributed by atoms with E-state index in [1.807, 2.05) is 12.1 Å². The zero-order valence-electron chi connectivity index (χ0n) is 13.8. The summed E-state index contributed by atoms with van der Waals surface area (Å²) in [7, 11) is 3.51. The Hall–Kier alpha value is -2.36. The Morgan fingerprint density at radius 3 is 2.65 bits per heavy atom. The van der Waals surface area contributed by atoms with Gasteiger partial charge in [0.05, 0.1) is 0 Å². The minimum Gasteiger partial charge on any atom is -0.356 e. The number of rotatable bonds is 3. The standard InChI is InChI=1S/C19H23N3O/c1-21(2)19(23)17-11-6-12-18(20-17)22-13-7-10-16(14-22)15-8-4-3-5-9-15/h3-6,8-9,11-12,16H,7,10,13-14H2,1-2H3. The van der Waals surface area contributed by atoms with Gasteiger partial charge in [-0.05, 0) is 30.5 Å². The monoisotopic (exact) mass is 309 g/mol. The van der Waals surface area contributed by atoms with E-state index < -0.39 is 0 Å². The van der Waals surface area contributed by atoms with Gasteiger partial charge in [0.1, 0.15) is 11.5 Å². The van der Waals surface area contributed by atoms with Gasteiger partial charge >= 0.3 is 0 Å². The van der Waals surface area contributed by atoms with Crippen LogP contribution in [0.4, 0.5) is 5.82 Å². The van der Waals surface area contributed by atoms with Gasteiger partial charge in [-0.2, -0.15) is 0 Å². The molecule has 1 unspecified atom stereocenters. The third-order valence-electron chi connectivity index (χ3n) is 4.38. The molecule has 0 saturated carbocycles. The summed E-state index contributed by atoms with van der Waals surface area (Å²) in [5.74, 6) is 1.38. The molecule has 1 saturated heterocycles. The van der Waals surface area contributed by atoms with Crippen molar-refractivity contribution in [1.82, 2.24) is 9.88 Å². The fraction of sp³-hybridized carbons (Fsp3) is 0.368. The van der Waals surface area contributed by atoms with Gasteiger partial charge in [-0.15, -0.1) is 0 Å². The van der Waals surface area contributed by atoms with Crippen molar-refractivity contribution >= 4 is 11.7 Å². The largest absolute Gasteiger partial charge is 0.356 e. The summed E-state index contributed by atoms with van der Waals surface area (Å²) >= 11 is 0. The Kier molecular flexibility index (Phi) is 4.60. The van der Waals surface area contributed by atoms with Crippen molar-refractivity contribution in [3.63, 3.8) is 0 Å². The van der Waals surface area contributed by atoms with Crippen LogP contribution in [-0.2, 0) is 0 Å². The maximum absolute atomic E-state index is 12.1. The third-order valence-corrected chi connectivity index (χ3v) is 4.38. The van der Waals surface area contributed by atoms with Crippen LogP contribution < -0.4 is 4.90 Å². The fourth-order valence-corrected chi connectivity index (χ4v) is 3.13. The zero-order valence-corrected chi connectivity index (χ0v) is 13.8. The molecule has 0 spiro atoms. The van der Waals surface area contributed by atoms with Gasteiger partial charge in [0.15, 0.2) is 0 Å². The van der Waals surface area contributed by atoms with Gasteiger partial charge in [-0.1, -0.05) is 36.4 Å². The molecule has 0 N–H and O–H groups in total. The Morgan fingerprint density at radius 2 is 1.91 bits per heavy atom. The minimum atomic E-state index is -0.0523. The third kappa shape index (κ3) is 3.52. The summed E-state index contributed by atoms with van der Waals surface area (Å²) in [6.07, 6.45) is 2.35. The first kappa shape index (κ1) is 15.5. The number of aromatic nitrogens is 1. The summed E-state index contributed by atoms with van der Waals surface area (Å²) in [5, 5.41) is 0. The van der Waals surface area contributed by atoms with Gasteiger partial charge in [0.2, 0.25) is 0 Å². The molecule has 4 heteroatoms. The lowest BCUT2D eigenvalue weighted by Gasteiger charge is -2.34. The smallest absolute Gasteiger partial charge is 0.272 e. The van der Waals surface area contributed by atoms with Crippen LogP contribution in [0.15, 0.2) is 48.5 Å². The predicted octanol–water partition coefficient (Wildman–Crippen LogP) is 3.17. The van der Waals surface area contributed by atoms with Crippen molar-refractivity contribution < 1.29 is 4.79 Å². The second-order valence-electron chi connectivity index (χ2n) is 6.28. The first-order valence-electron chi connectivity index (χ1n) is 8.14. The van der Waals surface area contributed by atoms with Crippen LogP contribution in [0, 0.1) is 0 Å². The summed E-state index contributed by atoms with van der Waals surface area (Å²) in [5.41, 5.74) is 1.90. The number of carbonyl (C=O) groups is 1. The molecule has 0 aliphatic carbocycles. The quantitative estimate of drug-likeness (QED) is 0.874. The van der Waals surface area contributed by atoms with Gasteiger partial charge in [0, 0.05) is 33.1 Å². The molecule has 23 heavy (non-hydrogen) atoms. The average molecular weight is 309 g/mol. The lowest BCUT2D eigenvalue weighted by Crippen LogP contribution is -2.35. The van der Waals surface area contributed by atoms with E-state index in [0.717, 1.165) is 25.3 Å². The van der Waals surface area contributed by atoms with E-state index in [0.29, 0.717) is 11.6 Å². The Bertz CT molecular complexity index is 669. The molecule has 1 aromatic carbocycles. The van der Waals surface area contributed by atoms with E-state index in [1.165, 1.54) is 12.0 Å². The number of amides is 1. The number of anilines is 1. The topological polar surface area (TPSA) is 36.4 Å². The first-order chi connectivity index (χ1) is 11.1. The van der Waals surface area contributed by atoms with Crippen molar-refractivity contribution in [2.45, 2.75) is 18.8 Å². The summed E-state index contributed by atoms with van der Waals surface area (Å²) in [4.78, 5) is 20.6. The maximum atomic E-state index is 12.1. The van der Waals surface area contributed by atoms with Crippen molar-refractivity contribution in [2.24, 2.45) is 0 Å². The van der Waals surface area contributed by atoms with Gasteiger partial charge in [-0.25, -0.2) is 4.98 Å². The van der Waals surface area contributed by atoms with Gasteiger partial charge in [0.25, 0.3) is 5.91 Å².